The van der Waals surface area contributed by atoms with E-state index in [9.17, 15) is 13.2 Å². The molecule has 0 aliphatic heterocycles. The molecule has 0 amide bonds. The maximum Gasteiger partial charge on any atom is 0.416 e. The van der Waals surface area contributed by atoms with Crippen LogP contribution in [0.3, 0.4) is 0 Å². The molecule has 2 rings (SSSR count). The number of anilines is 1. The first-order valence-corrected chi connectivity index (χ1v) is 6.03. The van der Waals surface area contributed by atoms with Gasteiger partial charge in [-0.3, -0.25) is 0 Å². The third kappa shape index (κ3) is 3.01. The van der Waals surface area contributed by atoms with Crippen LogP contribution in [-0.2, 0) is 12.7 Å². The molecule has 18 heavy (non-hydrogen) atoms. The quantitative estimate of drug-likeness (QED) is 0.848. The van der Waals surface area contributed by atoms with E-state index in [2.05, 4.69) is 10.5 Å². The van der Waals surface area contributed by atoms with Crippen LogP contribution >= 0.6 is 11.3 Å². The summed E-state index contributed by atoms with van der Waals surface area (Å²) in [5.74, 6) is 0.764. The lowest BCUT2D eigenvalue weighted by Crippen LogP contribution is -2.16. The SMILES string of the molecule is CN(Cc1ccc(C(F)(F)F)cc1)c1cs[c]n1. The maximum absolute atomic E-state index is 12.4. The highest BCUT2D eigenvalue weighted by Crippen LogP contribution is 2.29. The summed E-state index contributed by atoms with van der Waals surface area (Å²) in [6.45, 7) is 0.510. The molecule has 0 saturated carbocycles. The first-order chi connectivity index (χ1) is 8.47. The van der Waals surface area contributed by atoms with Gasteiger partial charge in [-0.2, -0.15) is 13.2 Å². The van der Waals surface area contributed by atoms with Crippen molar-refractivity contribution in [3.05, 3.63) is 46.3 Å². The predicted molar refractivity (Wildman–Crippen MR) is 64.5 cm³/mol. The summed E-state index contributed by atoms with van der Waals surface area (Å²) in [6, 6.07) is 5.15. The fourth-order valence-electron chi connectivity index (χ4n) is 1.51. The molecule has 1 aromatic heterocycles. The second kappa shape index (κ2) is 4.97. The van der Waals surface area contributed by atoms with Gasteiger partial charge in [0.1, 0.15) is 5.82 Å². The molecule has 0 saturated heterocycles. The van der Waals surface area contributed by atoms with E-state index in [1.165, 1.54) is 23.5 Å². The van der Waals surface area contributed by atoms with Crippen molar-refractivity contribution in [3.8, 4) is 0 Å². The third-order valence-corrected chi connectivity index (χ3v) is 2.99. The van der Waals surface area contributed by atoms with Gasteiger partial charge in [-0.15, -0.1) is 11.3 Å². The summed E-state index contributed by atoms with van der Waals surface area (Å²) in [4.78, 5) is 5.87. The van der Waals surface area contributed by atoms with Crippen LogP contribution in [0.25, 0.3) is 0 Å². The molecule has 1 heterocycles. The lowest BCUT2D eigenvalue weighted by molar-refractivity contribution is -0.137. The molecule has 1 aromatic carbocycles. The van der Waals surface area contributed by atoms with Crippen molar-refractivity contribution < 1.29 is 13.2 Å². The van der Waals surface area contributed by atoms with E-state index in [0.29, 0.717) is 6.54 Å². The van der Waals surface area contributed by atoms with Crippen LogP contribution in [-0.4, -0.2) is 12.0 Å². The number of hydrogen-bond acceptors (Lipinski definition) is 3. The molecule has 95 valence electrons. The van der Waals surface area contributed by atoms with Gasteiger partial charge in [0.2, 0.25) is 0 Å². The van der Waals surface area contributed by atoms with E-state index in [1.807, 2.05) is 17.3 Å². The molecule has 0 N–H and O–H groups in total. The Kier molecular flexibility index (Phi) is 3.56. The lowest BCUT2D eigenvalue weighted by Gasteiger charge is -2.16. The van der Waals surface area contributed by atoms with Gasteiger partial charge >= 0.3 is 6.18 Å². The van der Waals surface area contributed by atoms with E-state index in [0.717, 1.165) is 23.5 Å². The maximum atomic E-state index is 12.4. The van der Waals surface area contributed by atoms with Crippen molar-refractivity contribution in [2.45, 2.75) is 12.7 Å². The Bertz CT molecular complexity index is 491. The summed E-state index contributed by atoms with van der Waals surface area (Å²) < 4.78 is 37.1. The van der Waals surface area contributed by atoms with E-state index >= 15 is 0 Å². The van der Waals surface area contributed by atoms with Gasteiger partial charge in [-0.25, -0.2) is 4.98 Å². The first-order valence-electron chi connectivity index (χ1n) is 5.15. The molecule has 2 nitrogen and oxygen atoms in total. The van der Waals surface area contributed by atoms with Gasteiger partial charge in [0, 0.05) is 19.0 Å². The average molecular weight is 271 g/mol. The highest BCUT2D eigenvalue weighted by molar-refractivity contribution is 7.07. The van der Waals surface area contributed by atoms with E-state index in [1.54, 1.807) is 0 Å². The molecule has 0 bridgehead atoms. The highest BCUT2D eigenvalue weighted by Gasteiger charge is 2.29. The zero-order valence-electron chi connectivity index (χ0n) is 9.53. The van der Waals surface area contributed by atoms with Crippen molar-refractivity contribution in [3.63, 3.8) is 0 Å². The monoisotopic (exact) mass is 271 g/mol. The molecule has 6 heteroatoms. The minimum Gasteiger partial charge on any atom is -0.355 e. The second-order valence-corrected chi connectivity index (χ2v) is 4.50. The number of thiazole rings is 1. The van der Waals surface area contributed by atoms with Gasteiger partial charge in [0.05, 0.1) is 5.56 Å². The van der Waals surface area contributed by atoms with Crippen molar-refractivity contribution in [2.24, 2.45) is 0 Å². The Balaban J connectivity index is 2.07. The van der Waals surface area contributed by atoms with Crippen LogP contribution in [0.4, 0.5) is 19.0 Å². The Hall–Kier alpha value is -1.56. The predicted octanol–water partition coefficient (Wildman–Crippen LogP) is 3.60. The fourth-order valence-corrected chi connectivity index (χ4v) is 2.04. The van der Waals surface area contributed by atoms with Gasteiger partial charge in [-0.1, -0.05) is 12.1 Å². The normalized spacial score (nSPS) is 11.6. The van der Waals surface area contributed by atoms with Crippen molar-refractivity contribution in [1.29, 1.82) is 0 Å². The summed E-state index contributed by atoms with van der Waals surface area (Å²) in [6.07, 6.45) is -4.28. The number of halogens is 3. The number of benzene rings is 1. The molecule has 0 aliphatic rings. The summed E-state index contributed by atoms with van der Waals surface area (Å²) >= 11 is 1.36. The lowest BCUT2D eigenvalue weighted by atomic mass is 10.1. The zero-order chi connectivity index (χ0) is 13.2. The fraction of sp³-hybridized carbons (Fsp3) is 0.250. The molecular weight excluding hydrogens is 261 g/mol. The molecule has 0 spiro atoms. The van der Waals surface area contributed by atoms with Gasteiger partial charge in [-0.05, 0) is 17.7 Å². The highest BCUT2D eigenvalue weighted by atomic mass is 32.1. The molecule has 2 aromatic rings. The van der Waals surface area contributed by atoms with Crippen LogP contribution in [0, 0.1) is 5.51 Å². The smallest absolute Gasteiger partial charge is 0.355 e. The molecule has 0 unspecified atom stereocenters. The zero-order valence-corrected chi connectivity index (χ0v) is 10.3. The average Bonchev–Trinajstić information content (AvgIpc) is 2.82. The third-order valence-electron chi connectivity index (χ3n) is 2.47. The molecular formula is C12H10F3N2S. The van der Waals surface area contributed by atoms with Crippen LogP contribution in [0.5, 0.6) is 0 Å². The van der Waals surface area contributed by atoms with Gasteiger partial charge in [0.25, 0.3) is 0 Å². The first kappa shape index (κ1) is 12.9. The van der Waals surface area contributed by atoms with E-state index in [-0.39, 0.29) is 0 Å². The topological polar surface area (TPSA) is 16.1 Å². The van der Waals surface area contributed by atoms with Crippen LogP contribution in [0.2, 0.25) is 0 Å². The van der Waals surface area contributed by atoms with Crippen molar-refractivity contribution in [2.75, 3.05) is 11.9 Å². The Morgan fingerprint density at radius 2 is 1.94 bits per heavy atom. The van der Waals surface area contributed by atoms with Crippen LogP contribution in [0.15, 0.2) is 29.6 Å². The molecule has 1 radical (unpaired) electrons. The van der Waals surface area contributed by atoms with E-state index in [4.69, 9.17) is 0 Å². The second-order valence-electron chi connectivity index (χ2n) is 3.85. The van der Waals surface area contributed by atoms with Crippen LogP contribution < -0.4 is 4.90 Å². The Morgan fingerprint density at radius 1 is 1.28 bits per heavy atom. The number of hydrogen-bond donors (Lipinski definition) is 0. The van der Waals surface area contributed by atoms with Gasteiger partial charge in [0.15, 0.2) is 5.51 Å². The molecule has 0 aliphatic carbocycles. The van der Waals surface area contributed by atoms with Crippen molar-refractivity contribution in [1.82, 2.24) is 4.98 Å². The molecule has 0 fully saturated rings. The molecule has 0 atom stereocenters. The summed E-state index contributed by atoms with van der Waals surface area (Å²) in [7, 11) is 1.83. The Labute approximate surface area is 107 Å². The largest absolute Gasteiger partial charge is 0.416 e. The number of aromatic nitrogens is 1. The standard InChI is InChI=1S/C12H10F3N2S/c1-17(11-7-18-8-16-11)6-9-2-4-10(5-3-9)12(13,14)15/h2-5,7H,6H2,1H3. The summed E-state index contributed by atoms with van der Waals surface area (Å²) in [5, 5.41) is 1.84. The van der Waals surface area contributed by atoms with Crippen molar-refractivity contribution >= 4 is 17.2 Å². The van der Waals surface area contributed by atoms with E-state index < -0.39 is 11.7 Å². The number of nitrogens with zero attached hydrogens (tertiary/aromatic N) is 2. The van der Waals surface area contributed by atoms with Gasteiger partial charge < -0.3 is 4.90 Å². The summed E-state index contributed by atoms with van der Waals surface area (Å²) in [5.41, 5.74) is 2.90. The minimum absolute atomic E-state index is 0.510. The Morgan fingerprint density at radius 3 is 2.44 bits per heavy atom. The number of rotatable bonds is 3. The van der Waals surface area contributed by atoms with Crippen LogP contribution in [0.1, 0.15) is 11.1 Å². The number of alkyl halides is 3. The minimum atomic E-state index is -4.28.